The number of hydrogen-bond acceptors (Lipinski definition) is 3. The zero-order valence-corrected chi connectivity index (χ0v) is 7.20. The average molecular weight is 164 g/mol. The molecular formula is C9H12N2O. The van der Waals surface area contributed by atoms with Gasteiger partial charge < -0.3 is 10.5 Å². The predicted molar refractivity (Wildman–Crippen MR) is 49.5 cm³/mol. The van der Waals surface area contributed by atoms with Gasteiger partial charge in [-0.25, -0.2) is 0 Å². The SMILES string of the molecule is CNN=Cc1ccc(C)c(O)c1. The Morgan fingerprint density at radius 3 is 2.83 bits per heavy atom. The molecule has 0 atom stereocenters. The summed E-state index contributed by atoms with van der Waals surface area (Å²) < 4.78 is 0. The Morgan fingerprint density at radius 1 is 1.50 bits per heavy atom. The van der Waals surface area contributed by atoms with Crippen LogP contribution in [0.5, 0.6) is 5.75 Å². The van der Waals surface area contributed by atoms with E-state index in [-0.39, 0.29) is 0 Å². The van der Waals surface area contributed by atoms with Gasteiger partial charge in [0.1, 0.15) is 5.75 Å². The largest absolute Gasteiger partial charge is 0.508 e. The van der Waals surface area contributed by atoms with Crippen LogP contribution in [0, 0.1) is 6.92 Å². The van der Waals surface area contributed by atoms with Crippen molar-refractivity contribution in [3.8, 4) is 5.75 Å². The van der Waals surface area contributed by atoms with E-state index in [2.05, 4.69) is 10.5 Å². The van der Waals surface area contributed by atoms with Gasteiger partial charge in [-0.2, -0.15) is 5.10 Å². The van der Waals surface area contributed by atoms with Gasteiger partial charge in [-0.3, -0.25) is 0 Å². The molecule has 0 aliphatic carbocycles. The summed E-state index contributed by atoms with van der Waals surface area (Å²) in [6.07, 6.45) is 1.65. The van der Waals surface area contributed by atoms with Crippen molar-refractivity contribution < 1.29 is 5.11 Å². The number of aryl methyl sites for hydroxylation is 1. The molecular weight excluding hydrogens is 152 g/mol. The molecule has 0 saturated carbocycles. The fourth-order valence-electron chi connectivity index (χ4n) is 0.846. The highest BCUT2D eigenvalue weighted by molar-refractivity contribution is 5.80. The van der Waals surface area contributed by atoms with E-state index in [1.165, 1.54) is 0 Å². The zero-order chi connectivity index (χ0) is 8.97. The molecule has 2 N–H and O–H groups in total. The topological polar surface area (TPSA) is 44.6 Å². The third-order valence-corrected chi connectivity index (χ3v) is 1.58. The monoisotopic (exact) mass is 164 g/mol. The highest BCUT2D eigenvalue weighted by Crippen LogP contribution is 2.15. The first-order valence-electron chi connectivity index (χ1n) is 3.73. The number of hydrogen-bond donors (Lipinski definition) is 2. The minimum absolute atomic E-state index is 0.301. The summed E-state index contributed by atoms with van der Waals surface area (Å²) in [6.45, 7) is 1.86. The van der Waals surface area contributed by atoms with Gasteiger partial charge in [0.2, 0.25) is 0 Å². The molecule has 3 nitrogen and oxygen atoms in total. The van der Waals surface area contributed by atoms with Crippen molar-refractivity contribution in [2.75, 3.05) is 7.05 Å². The molecule has 0 aromatic heterocycles. The van der Waals surface area contributed by atoms with Crippen LogP contribution in [0.3, 0.4) is 0 Å². The second-order valence-electron chi connectivity index (χ2n) is 2.53. The standard InChI is InChI=1S/C9H12N2O/c1-7-3-4-8(5-9(7)12)6-11-10-2/h3-6,10,12H,1-2H3. The molecule has 0 fully saturated rings. The van der Waals surface area contributed by atoms with Gasteiger partial charge in [-0.15, -0.1) is 0 Å². The van der Waals surface area contributed by atoms with Gasteiger partial charge in [0.25, 0.3) is 0 Å². The summed E-state index contributed by atoms with van der Waals surface area (Å²) in [4.78, 5) is 0. The summed E-state index contributed by atoms with van der Waals surface area (Å²) in [5.74, 6) is 0.301. The summed E-state index contributed by atoms with van der Waals surface area (Å²) in [5.41, 5.74) is 4.39. The Hall–Kier alpha value is -1.51. The highest BCUT2D eigenvalue weighted by Gasteiger charge is 1.94. The van der Waals surface area contributed by atoms with E-state index in [1.54, 1.807) is 19.3 Å². The van der Waals surface area contributed by atoms with Crippen molar-refractivity contribution in [1.82, 2.24) is 5.43 Å². The number of phenols is 1. The highest BCUT2D eigenvalue weighted by atomic mass is 16.3. The number of aromatic hydroxyl groups is 1. The van der Waals surface area contributed by atoms with E-state index in [9.17, 15) is 5.11 Å². The minimum atomic E-state index is 0.301. The molecule has 1 aromatic rings. The maximum absolute atomic E-state index is 9.32. The maximum Gasteiger partial charge on any atom is 0.119 e. The third kappa shape index (κ3) is 1.99. The minimum Gasteiger partial charge on any atom is -0.508 e. The summed E-state index contributed by atoms with van der Waals surface area (Å²) >= 11 is 0. The Balaban J connectivity index is 2.89. The van der Waals surface area contributed by atoms with Crippen molar-refractivity contribution in [2.24, 2.45) is 5.10 Å². The van der Waals surface area contributed by atoms with Gasteiger partial charge in [0, 0.05) is 7.05 Å². The zero-order valence-electron chi connectivity index (χ0n) is 7.20. The molecule has 1 aromatic carbocycles. The molecule has 0 unspecified atom stereocenters. The molecule has 0 saturated heterocycles. The van der Waals surface area contributed by atoms with Crippen LogP contribution in [-0.4, -0.2) is 18.4 Å². The molecule has 0 heterocycles. The van der Waals surface area contributed by atoms with Gasteiger partial charge in [-0.1, -0.05) is 12.1 Å². The van der Waals surface area contributed by atoms with Crippen molar-refractivity contribution >= 4 is 6.21 Å². The summed E-state index contributed by atoms with van der Waals surface area (Å²) in [5, 5.41) is 13.1. The van der Waals surface area contributed by atoms with Gasteiger partial charge in [0.15, 0.2) is 0 Å². The van der Waals surface area contributed by atoms with Crippen LogP contribution >= 0.6 is 0 Å². The Morgan fingerprint density at radius 2 is 2.25 bits per heavy atom. The van der Waals surface area contributed by atoms with E-state index >= 15 is 0 Å². The number of rotatable bonds is 2. The number of hydrazone groups is 1. The second kappa shape index (κ2) is 3.76. The first-order chi connectivity index (χ1) is 5.74. The molecule has 64 valence electrons. The van der Waals surface area contributed by atoms with E-state index in [0.29, 0.717) is 5.75 Å². The Bertz CT molecular complexity index is 295. The smallest absolute Gasteiger partial charge is 0.119 e. The molecule has 0 radical (unpaired) electrons. The Kier molecular flexibility index (Phi) is 2.69. The molecule has 0 amide bonds. The number of nitrogens with one attached hydrogen (secondary N) is 1. The molecule has 3 heteroatoms. The number of phenolic OH excluding ortho intramolecular Hbond substituents is 1. The lowest BCUT2D eigenvalue weighted by Crippen LogP contribution is -1.94. The van der Waals surface area contributed by atoms with Crippen LogP contribution < -0.4 is 5.43 Å². The lowest BCUT2D eigenvalue weighted by atomic mass is 10.1. The van der Waals surface area contributed by atoms with Crippen LogP contribution in [0.25, 0.3) is 0 Å². The van der Waals surface area contributed by atoms with Crippen molar-refractivity contribution in [3.63, 3.8) is 0 Å². The van der Waals surface area contributed by atoms with Gasteiger partial charge >= 0.3 is 0 Å². The number of benzene rings is 1. The molecule has 0 aliphatic heterocycles. The normalized spacial score (nSPS) is 10.5. The van der Waals surface area contributed by atoms with Gasteiger partial charge in [0.05, 0.1) is 6.21 Å². The predicted octanol–water partition coefficient (Wildman–Crippen LogP) is 1.25. The Labute approximate surface area is 71.7 Å². The van der Waals surface area contributed by atoms with Crippen molar-refractivity contribution in [2.45, 2.75) is 6.92 Å². The molecule has 0 bridgehead atoms. The molecule has 0 spiro atoms. The maximum atomic E-state index is 9.32. The lowest BCUT2D eigenvalue weighted by Gasteiger charge is -1.98. The first-order valence-corrected chi connectivity index (χ1v) is 3.73. The lowest BCUT2D eigenvalue weighted by molar-refractivity contribution is 0.471. The van der Waals surface area contributed by atoms with Crippen molar-refractivity contribution in [1.29, 1.82) is 0 Å². The van der Waals surface area contributed by atoms with E-state index < -0.39 is 0 Å². The molecule has 12 heavy (non-hydrogen) atoms. The summed E-state index contributed by atoms with van der Waals surface area (Å²) in [6, 6.07) is 5.43. The average Bonchev–Trinajstić information content (AvgIpc) is 2.07. The quantitative estimate of drug-likeness (QED) is 0.510. The van der Waals surface area contributed by atoms with Crippen molar-refractivity contribution in [3.05, 3.63) is 29.3 Å². The fourth-order valence-corrected chi connectivity index (χ4v) is 0.846. The van der Waals surface area contributed by atoms with Crippen LogP contribution in [0.15, 0.2) is 23.3 Å². The van der Waals surface area contributed by atoms with Crippen LogP contribution in [-0.2, 0) is 0 Å². The van der Waals surface area contributed by atoms with E-state index in [4.69, 9.17) is 0 Å². The van der Waals surface area contributed by atoms with Crippen LogP contribution in [0.2, 0.25) is 0 Å². The third-order valence-electron chi connectivity index (χ3n) is 1.58. The molecule has 0 aliphatic rings. The molecule has 1 rings (SSSR count). The first kappa shape index (κ1) is 8.59. The van der Waals surface area contributed by atoms with Gasteiger partial charge in [-0.05, 0) is 24.1 Å². The van der Waals surface area contributed by atoms with Crippen LogP contribution in [0.4, 0.5) is 0 Å². The fraction of sp³-hybridized carbons (Fsp3) is 0.222. The summed E-state index contributed by atoms with van der Waals surface area (Å²) in [7, 11) is 1.73. The second-order valence-corrected chi connectivity index (χ2v) is 2.53. The number of nitrogens with zero attached hydrogens (tertiary/aromatic N) is 1. The van der Waals surface area contributed by atoms with Crippen LogP contribution in [0.1, 0.15) is 11.1 Å². The van der Waals surface area contributed by atoms with E-state index in [0.717, 1.165) is 11.1 Å². The van der Waals surface area contributed by atoms with E-state index in [1.807, 2.05) is 19.1 Å².